The molecule has 1 aliphatic rings. The highest BCUT2D eigenvalue weighted by molar-refractivity contribution is 6.31. The van der Waals surface area contributed by atoms with Gasteiger partial charge in [-0.15, -0.1) is 0 Å². The highest BCUT2D eigenvalue weighted by atomic mass is 35.5. The number of carbonyl (C=O) groups is 1. The Morgan fingerprint density at radius 1 is 1.18 bits per heavy atom. The molecule has 5 rings (SSSR count). The fraction of sp³-hybridized carbons (Fsp3) is 0.217. The van der Waals surface area contributed by atoms with E-state index in [1.807, 2.05) is 18.2 Å². The van der Waals surface area contributed by atoms with E-state index in [2.05, 4.69) is 15.1 Å². The Hall–Kier alpha value is -3.66. The summed E-state index contributed by atoms with van der Waals surface area (Å²) >= 11 is 5.69. The first-order valence-electron chi connectivity index (χ1n) is 10.4. The SMILES string of the molecule is Cn1nc(-c2ccc3c(c2)CCN3C(=O)Cc2ccc(Cl)c(C(F)(F)F)c2)c2c(N)ncnc21. The number of fused-ring (bicyclic) bond motifs is 2. The van der Waals surface area contributed by atoms with Gasteiger partial charge in [-0.05, 0) is 41.8 Å². The van der Waals surface area contributed by atoms with Crippen molar-refractivity contribution in [3.8, 4) is 11.3 Å². The van der Waals surface area contributed by atoms with Crippen molar-refractivity contribution in [1.82, 2.24) is 19.7 Å². The zero-order chi connectivity index (χ0) is 24.2. The first-order chi connectivity index (χ1) is 16.1. The van der Waals surface area contributed by atoms with Crippen molar-refractivity contribution >= 4 is 40.0 Å². The Balaban J connectivity index is 1.43. The summed E-state index contributed by atoms with van der Waals surface area (Å²) in [5, 5.41) is 4.80. The standard InChI is InChI=1S/C23H18ClF3N6O/c1-32-22-19(21(28)29-11-30-22)20(31-32)14-3-5-17-13(10-14)6-7-33(17)18(34)9-12-2-4-16(24)15(8-12)23(25,26)27/h2-5,8,10-11H,6-7,9H2,1H3,(H2,28,29,30). The number of nitrogens with zero attached hydrogens (tertiary/aromatic N) is 5. The number of hydrogen-bond acceptors (Lipinski definition) is 5. The molecule has 1 aliphatic heterocycles. The van der Waals surface area contributed by atoms with Crippen LogP contribution in [0.3, 0.4) is 0 Å². The average molecular weight is 487 g/mol. The van der Waals surface area contributed by atoms with Crippen LogP contribution in [0.2, 0.25) is 5.02 Å². The number of amides is 1. The van der Waals surface area contributed by atoms with E-state index in [0.717, 1.165) is 22.9 Å². The quantitative estimate of drug-likeness (QED) is 0.463. The molecule has 0 saturated heterocycles. The summed E-state index contributed by atoms with van der Waals surface area (Å²) < 4.78 is 41.1. The molecule has 0 spiro atoms. The molecule has 0 bridgehead atoms. The fourth-order valence-corrected chi connectivity index (χ4v) is 4.51. The third-order valence-electron chi connectivity index (χ3n) is 5.89. The van der Waals surface area contributed by atoms with Crippen LogP contribution in [0, 0.1) is 0 Å². The van der Waals surface area contributed by atoms with Crippen LogP contribution in [0.25, 0.3) is 22.3 Å². The predicted octanol–water partition coefficient (Wildman–Crippen LogP) is 4.42. The molecule has 174 valence electrons. The van der Waals surface area contributed by atoms with Gasteiger partial charge in [-0.25, -0.2) is 14.6 Å². The van der Waals surface area contributed by atoms with Gasteiger partial charge in [0.2, 0.25) is 5.91 Å². The van der Waals surface area contributed by atoms with E-state index < -0.39 is 16.8 Å². The third kappa shape index (κ3) is 3.73. The van der Waals surface area contributed by atoms with Gasteiger partial charge in [-0.1, -0.05) is 23.7 Å². The summed E-state index contributed by atoms with van der Waals surface area (Å²) in [6.45, 7) is 0.436. The molecular weight excluding hydrogens is 469 g/mol. The van der Waals surface area contributed by atoms with Crippen molar-refractivity contribution in [2.45, 2.75) is 19.0 Å². The number of anilines is 2. The number of halogens is 4. The average Bonchev–Trinajstić information content (AvgIpc) is 3.36. The van der Waals surface area contributed by atoms with Gasteiger partial charge in [0.1, 0.15) is 17.8 Å². The van der Waals surface area contributed by atoms with Crippen LogP contribution >= 0.6 is 11.6 Å². The second-order valence-corrected chi connectivity index (χ2v) is 8.46. The number of alkyl halides is 3. The van der Waals surface area contributed by atoms with E-state index >= 15 is 0 Å². The van der Waals surface area contributed by atoms with E-state index in [4.69, 9.17) is 17.3 Å². The minimum absolute atomic E-state index is 0.166. The third-order valence-corrected chi connectivity index (χ3v) is 6.22. The minimum atomic E-state index is -4.59. The van der Waals surface area contributed by atoms with Gasteiger partial charge in [-0.3, -0.25) is 4.79 Å². The molecular formula is C23H18ClF3N6O. The summed E-state index contributed by atoms with van der Waals surface area (Å²) in [4.78, 5) is 22.9. The van der Waals surface area contributed by atoms with Gasteiger partial charge in [0.25, 0.3) is 0 Å². The highest BCUT2D eigenvalue weighted by Crippen LogP contribution is 2.37. The maximum Gasteiger partial charge on any atom is 0.417 e. The molecule has 4 aromatic rings. The summed E-state index contributed by atoms with van der Waals surface area (Å²) in [6, 6.07) is 9.14. The van der Waals surface area contributed by atoms with Crippen LogP contribution in [0.4, 0.5) is 24.7 Å². The van der Waals surface area contributed by atoms with Crippen molar-refractivity contribution in [3.63, 3.8) is 0 Å². The smallest absolute Gasteiger partial charge is 0.383 e. The molecule has 2 aromatic heterocycles. The van der Waals surface area contributed by atoms with Gasteiger partial charge in [0, 0.05) is 24.8 Å². The van der Waals surface area contributed by atoms with E-state index in [0.29, 0.717) is 35.5 Å². The number of hydrogen-bond donors (Lipinski definition) is 1. The lowest BCUT2D eigenvalue weighted by Gasteiger charge is -2.18. The Labute approximate surface area is 197 Å². The van der Waals surface area contributed by atoms with Crippen LogP contribution in [0.15, 0.2) is 42.7 Å². The fourth-order valence-electron chi connectivity index (χ4n) is 4.29. The van der Waals surface area contributed by atoms with Crippen LogP contribution < -0.4 is 10.6 Å². The maximum atomic E-state index is 13.2. The summed E-state index contributed by atoms with van der Waals surface area (Å²) in [5.41, 5.74) is 9.10. The monoisotopic (exact) mass is 486 g/mol. The maximum absolute atomic E-state index is 13.2. The molecule has 34 heavy (non-hydrogen) atoms. The van der Waals surface area contributed by atoms with Crippen LogP contribution in [-0.2, 0) is 30.9 Å². The molecule has 0 radical (unpaired) electrons. The van der Waals surface area contributed by atoms with Crippen molar-refractivity contribution in [2.75, 3.05) is 17.2 Å². The number of aromatic nitrogens is 4. The number of aryl methyl sites for hydroxylation is 1. The number of benzene rings is 2. The van der Waals surface area contributed by atoms with Gasteiger partial charge in [0.15, 0.2) is 5.65 Å². The summed E-state index contributed by atoms with van der Waals surface area (Å²) in [5.74, 6) is 0.0365. The van der Waals surface area contributed by atoms with E-state index in [1.54, 1.807) is 16.6 Å². The molecule has 1 amide bonds. The first kappa shape index (κ1) is 22.1. The molecule has 11 heteroatoms. The molecule has 0 unspecified atom stereocenters. The minimum Gasteiger partial charge on any atom is -0.383 e. The zero-order valence-electron chi connectivity index (χ0n) is 17.9. The number of carbonyl (C=O) groups excluding carboxylic acids is 1. The van der Waals surface area contributed by atoms with Crippen LogP contribution in [0.5, 0.6) is 0 Å². The topological polar surface area (TPSA) is 89.9 Å². The molecule has 7 nitrogen and oxygen atoms in total. The van der Waals surface area contributed by atoms with E-state index in [9.17, 15) is 18.0 Å². The molecule has 2 N–H and O–H groups in total. The normalized spacial score (nSPS) is 13.5. The lowest BCUT2D eigenvalue weighted by molar-refractivity contribution is -0.137. The molecule has 0 fully saturated rings. The van der Waals surface area contributed by atoms with Gasteiger partial charge < -0.3 is 10.6 Å². The Kier molecular flexibility index (Phi) is 5.20. The van der Waals surface area contributed by atoms with Crippen LogP contribution in [-0.4, -0.2) is 32.2 Å². The second kappa shape index (κ2) is 7.98. The van der Waals surface area contributed by atoms with Gasteiger partial charge in [0.05, 0.1) is 22.4 Å². The molecule has 0 saturated carbocycles. The van der Waals surface area contributed by atoms with E-state index in [-0.39, 0.29) is 17.9 Å². The lowest BCUT2D eigenvalue weighted by Crippen LogP contribution is -2.30. The van der Waals surface area contributed by atoms with E-state index in [1.165, 1.54) is 18.5 Å². The highest BCUT2D eigenvalue weighted by Gasteiger charge is 2.34. The van der Waals surface area contributed by atoms with Gasteiger partial charge in [-0.2, -0.15) is 18.3 Å². The zero-order valence-corrected chi connectivity index (χ0v) is 18.7. The predicted molar refractivity (Wildman–Crippen MR) is 122 cm³/mol. The van der Waals surface area contributed by atoms with Crippen LogP contribution in [0.1, 0.15) is 16.7 Å². The Bertz CT molecular complexity index is 1450. The largest absolute Gasteiger partial charge is 0.417 e. The van der Waals surface area contributed by atoms with Crippen molar-refractivity contribution < 1.29 is 18.0 Å². The molecule has 0 atom stereocenters. The van der Waals surface area contributed by atoms with Crippen molar-refractivity contribution in [3.05, 3.63) is 64.4 Å². The first-order valence-corrected chi connectivity index (χ1v) is 10.7. The number of nitrogens with two attached hydrogens (primary N) is 1. The summed E-state index contributed by atoms with van der Waals surface area (Å²) in [7, 11) is 1.77. The van der Waals surface area contributed by atoms with Gasteiger partial charge >= 0.3 is 6.18 Å². The second-order valence-electron chi connectivity index (χ2n) is 8.06. The molecule has 0 aliphatic carbocycles. The molecule has 3 heterocycles. The molecule has 2 aromatic carbocycles. The summed E-state index contributed by atoms with van der Waals surface area (Å²) in [6.07, 6.45) is -2.76. The number of rotatable bonds is 3. The van der Waals surface area contributed by atoms with Crippen molar-refractivity contribution in [1.29, 1.82) is 0 Å². The Morgan fingerprint density at radius 3 is 2.74 bits per heavy atom. The van der Waals surface area contributed by atoms with Crippen molar-refractivity contribution in [2.24, 2.45) is 7.05 Å². The lowest BCUT2D eigenvalue weighted by atomic mass is 10.0. The number of nitrogen functional groups attached to an aromatic ring is 1. The Morgan fingerprint density at radius 2 is 1.97 bits per heavy atom.